The van der Waals surface area contributed by atoms with Gasteiger partial charge in [-0.25, -0.2) is 0 Å². The summed E-state index contributed by atoms with van der Waals surface area (Å²) in [6.07, 6.45) is 1.72. The third-order valence-electron chi connectivity index (χ3n) is 3.30. The summed E-state index contributed by atoms with van der Waals surface area (Å²) in [5.41, 5.74) is 0.691. The van der Waals surface area contributed by atoms with Crippen molar-refractivity contribution in [3.05, 3.63) is 27.1 Å². The van der Waals surface area contributed by atoms with Gasteiger partial charge in [0.15, 0.2) is 0 Å². The van der Waals surface area contributed by atoms with Crippen LogP contribution in [0.4, 0.5) is 0 Å². The van der Waals surface area contributed by atoms with Gasteiger partial charge in [-0.2, -0.15) is 4.98 Å². The fraction of sp³-hybridized carbons (Fsp3) is 0.417. The first kappa shape index (κ1) is 13.2. The van der Waals surface area contributed by atoms with Gasteiger partial charge in [-0.15, -0.1) is 0 Å². The van der Waals surface area contributed by atoms with Gasteiger partial charge >= 0.3 is 0 Å². The Bertz CT molecular complexity index is 601. The summed E-state index contributed by atoms with van der Waals surface area (Å²) in [5, 5.41) is 7.36. The van der Waals surface area contributed by atoms with Crippen LogP contribution in [0, 0.1) is 5.92 Å². The lowest BCUT2D eigenvalue weighted by Crippen LogP contribution is -2.08. The van der Waals surface area contributed by atoms with Gasteiger partial charge in [0.25, 0.3) is 0 Å². The summed E-state index contributed by atoms with van der Waals surface area (Å²) >= 11 is 6.83. The number of aromatic nitrogens is 3. The van der Waals surface area contributed by atoms with Crippen LogP contribution in [0.25, 0.3) is 11.5 Å². The maximum absolute atomic E-state index is 5.38. The normalized spacial score (nSPS) is 22.9. The Kier molecular flexibility index (Phi) is 3.68. The predicted molar refractivity (Wildman–Crippen MR) is 77.7 cm³/mol. The van der Waals surface area contributed by atoms with Crippen LogP contribution in [0.3, 0.4) is 0 Å². The van der Waals surface area contributed by atoms with Gasteiger partial charge in [0, 0.05) is 21.7 Å². The Morgan fingerprint density at radius 1 is 1.37 bits per heavy atom. The lowest BCUT2D eigenvalue weighted by Gasteiger charge is -2.07. The first-order valence-electron chi connectivity index (χ1n) is 6.01. The van der Waals surface area contributed by atoms with E-state index in [0.29, 0.717) is 23.3 Å². The van der Waals surface area contributed by atoms with Crippen molar-refractivity contribution in [3.63, 3.8) is 0 Å². The van der Waals surface area contributed by atoms with Crippen molar-refractivity contribution in [1.82, 2.24) is 20.4 Å². The van der Waals surface area contributed by atoms with Crippen molar-refractivity contribution < 1.29 is 4.52 Å². The summed E-state index contributed by atoms with van der Waals surface area (Å²) in [5.74, 6) is 2.00. The third-order valence-corrected chi connectivity index (χ3v) is 4.33. The molecular weight excluding hydrogens is 376 g/mol. The van der Waals surface area contributed by atoms with E-state index in [1.165, 1.54) is 0 Å². The highest BCUT2D eigenvalue weighted by Gasteiger charge is 2.30. The first-order valence-corrected chi connectivity index (χ1v) is 7.59. The molecule has 2 aromatic heterocycles. The average Bonchev–Trinajstić information content (AvgIpc) is 2.97. The highest BCUT2D eigenvalue weighted by atomic mass is 79.9. The molecule has 5 nitrogen and oxygen atoms in total. The second kappa shape index (κ2) is 5.30. The van der Waals surface area contributed by atoms with Crippen molar-refractivity contribution in [1.29, 1.82) is 0 Å². The molecule has 3 heterocycles. The maximum atomic E-state index is 5.38. The van der Waals surface area contributed by atoms with E-state index in [1.807, 2.05) is 6.07 Å². The van der Waals surface area contributed by atoms with E-state index in [-0.39, 0.29) is 5.92 Å². The fourth-order valence-electron chi connectivity index (χ4n) is 2.20. The molecule has 2 aromatic rings. The van der Waals surface area contributed by atoms with Crippen molar-refractivity contribution in [3.8, 4) is 11.5 Å². The van der Waals surface area contributed by atoms with Crippen LogP contribution in [0.5, 0.6) is 0 Å². The summed E-state index contributed by atoms with van der Waals surface area (Å²) < 4.78 is 7.13. The number of halogens is 2. The number of nitrogens with one attached hydrogen (secondary N) is 1. The molecule has 0 bridgehead atoms. The Labute approximate surface area is 127 Å². The second-order valence-electron chi connectivity index (χ2n) is 4.68. The van der Waals surface area contributed by atoms with E-state index >= 15 is 0 Å². The molecule has 0 radical (unpaired) electrons. The zero-order chi connectivity index (χ0) is 13.4. The molecule has 0 aromatic carbocycles. The zero-order valence-electron chi connectivity index (χ0n) is 10.2. The zero-order valence-corrected chi connectivity index (χ0v) is 13.4. The van der Waals surface area contributed by atoms with E-state index in [0.717, 1.165) is 22.0 Å². The average molecular weight is 388 g/mol. The molecule has 0 saturated carbocycles. The van der Waals surface area contributed by atoms with E-state index in [4.69, 9.17) is 4.52 Å². The molecule has 0 spiro atoms. The quantitative estimate of drug-likeness (QED) is 0.858. The van der Waals surface area contributed by atoms with Crippen molar-refractivity contribution >= 4 is 31.9 Å². The molecule has 19 heavy (non-hydrogen) atoms. The standard InChI is InChI=1S/C12H12Br2N4O/c1-6-3-15-5-8(6)12-17-11(18-19-12)10-9(14)2-7(13)4-16-10/h2,4,6,8,15H,3,5H2,1H3. The van der Waals surface area contributed by atoms with Gasteiger partial charge in [0.2, 0.25) is 11.7 Å². The van der Waals surface area contributed by atoms with Crippen LogP contribution in [0.1, 0.15) is 18.7 Å². The number of pyridine rings is 1. The van der Waals surface area contributed by atoms with Crippen LogP contribution >= 0.6 is 31.9 Å². The third kappa shape index (κ3) is 2.59. The SMILES string of the molecule is CC1CNCC1c1nc(-c2ncc(Br)cc2Br)no1. The van der Waals surface area contributed by atoms with Gasteiger partial charge in [-0.05, 0) is 50.4 Å². The van der Waals surface area contributed by atoms with Crippen LogP contribution in [0.2, 0.25) is 0 Å². The molecular formula is C12H12Br2N4O. The Balaban J connectivity index is 1.92. The summed E-state index contributed by atoms with van der Waals surface area (Å²) in [7, 11) is 0. The molecule has 1 aliphatic heterocycles. The summed E-state index contributed by atoms with van der Waals surface area (Å²) in [4.78, 5) is 8.79. The minimum Gasteiger partial charge on any atom is -0.339 e. The lowest BCUT2D eigenvalue weighted by atomic mass is 9.98. The molecule has 2 unspecified atom stereocenters. The lowest BCUT2D eigenvalue weighted by molar-refractivity contribution is 0.340. The number of nitrogens with zero attached hydrogens (tertiary/aromatic N) is 3. The van der Waals surface area contributed by atoms with Gasteiger partial charge in [-0.3, -0.25) is 4.98 Å². The molecule has 0 aliphatic carbocycles. The van der Waals surface area contributed by atoms with E-state index < -0.39 is 0 Å². The molecule has 100 valence electrons. The minimum absolute atomic E-state index is 0.287. The van der Waals surface area contributed by atoms with Crippen LogP contribution < -0.4 is 5.32 Å². The molecule has 3 rings (SSSR count). The van der Waals surface area contributed by atoms with Crippen LogP contribution in [0.15, 0.2) is 25.7 Å². The van der Waals surface area contributed by atoms with Crippen molar-refractivity contribution in [2.75, 3.05) is 13.1 Å². The highest BCUT2D eigenvalue weighted by Crippen LogP contribution is 2.30. The Hall–Kier alpha value is -0.790. The van der Waals surface area contributed by atoms with Gasteiger partial charge in [-0.1, -0.05) is 12.1 Å². The number of rotatable bonds is 2. The van der Waals surface area contributed by atoms with Gasteiger partial charge in [0.05, 0.1) is 5.92 Å². The Morgan fingerprint density at radius 2 is 2.21 bits per heavy atom. The molecule has 1 N–H and O–H groups in total. The first-order chi connectivity index (χ1) is 9.15. The summed E-state index contributed by atoms with van der Waals surface area (Å²) in [6.45, 7) is 4.06. The van der Waals surface area contributed by atoms with Crippen molar-refractivity contribution in [2.45, 2.75) is 12.8 Å². The summed E-state index contributed by atoms with van der Waals surface area (Å²) in [6, 6.07) is 1.91. The second-order valence-corrected chi connectivity index (χ2v) is 6.45. The monoisotopic (exact) mass is 386 g/mol. The van der Waals surface area contributed by atoms with E-state index in [2.05, 4.69) is 59.2 Å². The molecule has 1 aliphatic rings. The fourth-order valence-corrected chi connectivity index (χ4v) is 3.37. The van der Waals surface area contributed by atoms with Crippen LogP contribution in [-0.4, -0.2) is 28.2 Å². The largest absolute Gasteiger partial charge is 0.339 e. The molecule has 1 fully saturated rings. The van der Waals surface area contributed by atoms with Gasteiger partial charge in [0.1, 0.15) is 5.69 Å². The molecule has 1 saturated heterocycles. The minimum atomic E-state index is 0.287. The van der Waals surface area contributed by atoms with Gasteiger partial charge < -0.3 is 9.84 Å². The van der Waals surface area contributed by atoms with Crippen molar-refractivity contribution in [2.24, 2.45) is 5.92 Å². The Morgan fingerprint density at radius 3 is 2.89 bits per heavy atom. The molecule has 7 heteroatoms. The number of hydrogen-bond acceptors (Lipinski definition) is 5. The maximum Gasteiger partial charge on any atom is 0.231 e. The highest BCUT2D eigenvalue weighted by molar-refractivity contribution is 9.11. The molecule has 2 atom stereocenters. The smallest absolute Gasteiger partial charge is 0.231 e. The number of hydrogen-bond donors (Lipinski definition) is 1. The van der Waals surface area contributed by atoms with Crippen LogP contribution in [-0.2, 0) is 0 Å². The predicted octanol–water partition coefficient (Wildman–Crippen LogP) is 2.98. The topological polar surface area (TPSA) is 63.8 Å². The van der Waals surface area contributed by atoms with E-state index in [9.17, 15) is 0 Å². The van der Waals surface area contributed by atoms with E-state index in [1.54, 1.807) is 6.20 Å². The molecule has 0 amide bonds.